The number of carbonyl (C=O) groups is 2. The van der Waals surface area contributed by atoms with Crippen molar-refractivity contribution in [3.63, 3.8) is 0 Å². The topological polar surface area (TPSA) is 58.6 Å². The van der Waals surface area contributed by atoms with Crippen LogP contribution in [0.15, 0.2) is 28.7 Å². The summed E-state index contributed by atoms with van der Waals surface area (Å²) in [5.41, 5.74) is 0.836. The minimum atomic E-state index is -0.280. The first-order valence-electron chi connectivity index (χ1n) is 7.59. The van der Waals surface area contributed by atoms with E-state index in [0.717, 1.165) is 29.6 Å². The summed E-state index contributed by atoms with van der Waals surface area (Å²) in [5, 5.41) is 2.92. The lowest BCUT2D eigenvalue weighted by Gasteiger charge is -2.17. The lowest BCUT2D eigenvalue weighted by atomic mass is 10.1. The molecule has 2 atom stereocenters. The van der Waals surface area contributed by atoms with E-state index in [-0.39, 0.29) is 30.3 Å². The molecule has 0 unspecified atom stereocenters. The number of ether oxygens (including phenoxy) is 1. The monoisotopic (exact) mass is 366 g/mol. The Balaban J connectivity index is 1.56. The van der Waals surface area contributed by atoms with E-state index in [9.17, 15) is 9.59 Å². The lowest BCUT2D eigenvalue weighted by molar-refractivity contribution is -0.126. The predicted molar refractivity (Wildman–Crippen MR) is 86.6 cm³/mol. The molecule has 2 saturated heterocycles. The van der Waals surface area contributed by atoms with Gasteiger partial charge in [0.25, 0.3) is 0 Å². The molecule has 2 aliphatic rings. The molecule has 2 heterocycles. The van der Waals surface area contributed by atoms with Crippen LogP contribution in [0.4, 0.5) is 5.69 Å². The van der Waals surface area contributed by atoms with Crippen molar-refractivity contribution in [3.8, 4) is 0 Å². The Kier molecular flexibility index (Phi) is 4.78. The molecule has 3 rings (SSSR count). The zero-order chi connectivity index (χ0) is 15.5. The van der Waals surface area contributed by atoms with Crippen LogP contribution in [-0.4, -0.2) is 37.6 Å². The minimum absolute atomic E-state index is 0.000381. The normalized spacial score (nSPS) is 24.8. The Labute approximate surface area is 138 Å². The van der Waals surface area contributed by atoms with Gasteiger partial charge in [-0.25, -0.2) is 0 Å². The number of hydrogen-bond acceptors (Lipinski definition) is 3. The fourth-order valence-corrected chi connectivity index (χ4v) is 3.18. The third-order valence-electron chi connectivity index (χ3n) is 4.16. The van der Waals surface area contributed by atoms with Gasteiger partial charge in [-0.3, -0.25) is 9.59 Å². The van der Waals surface area contributed by atoms with Gasteiger partial charge >= 0.3 is 0 Å². The van der Waals surface area contributed by atoms with Crippen LogP contribution in [0.3, 0.4) is 0 Å². The van der Waals surface area contributed by atoms with Crippen molar-refractivity contribution >= 4 is 33.4 Å². The quantitative estimate of drug-likeness (QED) is 0.887. The third-order valence-corrected chi connectivity index (χ3v) is 4.69. The molecule has 0 spiro atoms. The van der Waals surface area contributed by atoms with Gasteiger partial charge in [-0.1, -0.05) is 15.9 Å². The van der Waals surface area contributed by atoms with E-state index in [4.69, 9.17) is 4.74 Å². The van der Waals surface area contributed by atoms with Crippen LogP contribution in [0.25, 0.3) is 0 Å². The predicted octanol–water partition coefficient (Wildman–Crippen LogP) is 2.10. The van der Waals surface area contributed by atoms with Crippen molar-refractivity contribution in [2.45, 2.75) is 25.4 Å². The van der Waals surface area contributed by atoms with Gasteiger partial charge in [0.1, 0.15) is 0 Å². The highest BCUT2D eigenvalue weighted by Crippen LogP contribution is 2.26. The first-order valence-corrected chi connectivity index (χ1v) is 8.38. The highest BCUT2D eigenvalue weighted by Gasteiger charge is 2.35. The molecule has 0 radical (unpaired) electrons. The Morgan fingerprint density at radius 3 is 2.82 bits per heavy atom. The number of halogens is 1. The van der Waals surface area contributed by atoms with Crippen molar-refractivity contribution in [2.75, 3.05) is 24.6 Å². The average Bonchev–Trinajstić information content (AvgIpc) is 3.15. The van der Waals surface area contributed by atoms with Gasteiger partial charge in [0, 0.05) is 36.3 Å². The number of nitrogens with zero attached hydrogens (tertiary/aromatic N) is 1. The van der Waals surface area contributed by atoms with Gasteiger partial charge in [0.05, 0.1) is 12.0 Å². The van der Waals surface area contributed by atoms with Crippen molar-refractivity contribution in [2.24, 2.45) is 5.92 Å². The highest BCUT2D eigenvalue weighted by molar-refractivity contribution is 9.10. The first-order chi connectivity index (χ1) is 10.6. The fourth-order valence-electron chi connectivity index (χ4n) is 2.92. The Bertz CT molecular complexity index is 555. The van der Waals surface area contributed by atoms with Crippen LogP contribution in [0, 0.1) is 5.92 Å². The first kappa shape index (κ1) is 15.5. The van der Waals surface area contributed by atoms with Crippen LogP contribution in [-0.2, 0) is 14.3 Å². The van der Waals surface area contributed by atoms with E-state index < -0.39 is 0 Å². The van der Waals surface area contributed by atoms with Crippen molar-refractivity contribution in [1.82, 2.24) is 5.32 Å². The summed E-state index contributed by atoms with van der Waals surface area (Å²) in [6, 6.07) is 7.56. The molecule has 0 saturated carbocycles. The van der Waals surface area contributed by atoms with Gasteiger partial charge in [-0.05, 0) is 37.1 Å². The van der Waals surface area contributed by atoms with Crippen LogP contribution in [0.1, 0.15) is 19.3 Å². The van der Waals surface area contributed by atoms with E-state index >= 15 is 0 Å². The zero-order valence-corrected chi connectivity index (χ0v) is 13.8. The summed E-state index contributed by atoms with van der Waals surface area (Å²) >= 11 is 3.38. The van der Waals surface area contributed by atoms with E-state index in [2.05, 4.69) is 21.2 Å². The second-order valence-electron chi connectivity index (χ2n) is 5.76. The molecular weight excluding hydrogens is 348 g/mol. The molecule has 2 aliphatic heterocycles. The summed E-state index contributed by atoms with van der Waals surface area (Å²) in [7, 11) is 0. The van der Waals surface area contributed by atoms with Crippen molar-refractivity contribution < 1.29 is 14.3 Å². The maximum absolute atomic E-state index is 12.2. The third kappa shape index (κ3) is 3.50. The van der Waals surface area contributed by atoms with Gasteiger partial charge < -0.3 is 15.0 Å². The Hall–Kier alpha value is -1.40. The largest absolute Gasteiger partial charge is 0.376 e. The maximum Gasteiger partial charge on any atom is 0.227 e. The zero-order valence-electron chi connectivity index (χ0n) is 12.3. The van der Waals surface area contributed by atoms with Gasteiger partial charge in [-0.15, -0.1) is 0 Å². The average molecular weight is 367 g/mol. The fraction of sp³-hybridized carbons (Fsp3) is 0.500. The van der Waals surface area contributed by atoms with Crippen LogP contribution < -0.4 is 10.2 Å². The van der Waals surface area contributed by atoms with Crippen LogP contribution in [0.5, 0.6) is 0 Å². The molecule has 2 fully saturated rings. The molecule has 1 aromatic rings. The number of amides is 2. The molecule has 0 aromatic heterocycles. The second-order valence-corrected chi connectivity index (χ2v) is 6.68. The Morgan fingerprint density at radius 1 is 1.36 bits per heavy atom. The number of anilines is 1. The second kappa shape index (κ2) is 6.79. The van der Waals surface area contributed by atoms with Crippen LogP contribution in [0.2, 0.25) is 0 Å². The highest BCUT2D eigenvalue weighted by atomic mass is 79.9. The molecule has 22 heavy (non-hydrogen) atoms. The van der Waals surface area contributed by atoms with Gasteiger partial charge in [0.15, 0.2) is 0 Å². The number of benzene rings is 1. The Morgan fingerprint density at radius 2 is 2.14 bits per heavy atom. The smallest absolute Gasteiger partial charge is 0.227 e. The van der Waals surface area contributed by atoms with E-state index in [1.807, 2.05) is 24.3 Å². The summed E-state index contributed by atoms with van der Waals surface area (Å²) in [5.74, 6) is -0.333. The molecular formula is C16H19BrN2O3. The number of rotatable bonds is 4. The summed E-state index contributed by atoms with van der Waals surface area (Å²) in [4.78, 5) is 26.1. The summed E-state index contributed by atoms with van der Waals surface area (Å²) in [6.07, 6.45) is 2.45. The maximum atomic E-state index is 12.2. The van der Waals surface area contributed by atoms with Crippen LogP contribution >= 0.6 is 15.9 Å². The molecule has 1 aromatic carbocycles. The number of carbonyl (C=O) groups excluding carboxylic acids is 2. The molecule has 2 amide bonds. The summed E-state index contributed by atoms with van der Waals surface area (Å²) in [6.45, 7) is 1.76. The number of hydrogen-bond donors (Lipinski definition) is 1. The molecule has 6 heteroatoms. The molecule has 1 N–H and O–H groups in total. The van der Waals surface area contributed by atoms with Gasteiger partial charge in [0.2, 0.25) is 11.8 Å². The standard InChI is InChI=1S/C16H19BrN2O3/c17-12-3-5-13(6-4-12)19-10-11(8-15(19)20)16(21)18-9-14-2-1-7-22-14/h3-6,11,14H,1-2,7-10H2,(H,18,21)/t11-,14+/m1/s1. The minimum Gasteiger partial charge on any atom is -0.376 e. The number of nitrogens with one attached hydrogen (secondary N) is 1. The van der Waals surface area contributed by atoms with E-state index in [1.165, 1.54) is 0 Å². The molecule has 0 aliphatic carbocycles. The molecule has 0 bridgehead atoms. The molecule has 5 nitrogen and oxygen atoms in total. The van der Waals surface area contributed by atoms with E-state index in [0.29, 0.717) is 13.1 Å². The summed E-state index contributed by atoms with van der Waals surface area (Å²) < 4.78 is 6.46. The SMILES string of the molecule is O=C(NC[C@@H]1CCCO1)[C@@H]1CC(=O)N(c2ccc(Br)cc2)C1. The molecule has 118 valence electrons. The lowest BCUT2D eigenvalue weighted by Crippen LogP contribution is -2.37. The van der Waals surface area contributed by atoms with E-state index in [1.54, 1.807) is 4.90 Å². The van der Waals surface area contributed by atoms with Crippen molar-refractivity contribution in [1.29, 1.82) is 0 Å². The van der Waals surface area contributed by atoms with Crippen molar-refractivity contribution in [3.05, 3.63) is 28.7 Å². The van der Waals surface area contributed by atoms with Gasteiger partial charge in [-0.2, -0.15) is 0 Å².